The number of thiophene rings is 1. The third-order valence-corrected chi connectivity index (χ3v) is 5.18. The molecule has 0 aliphatic carbocycles. The molecule has 1 fully saturated rings. The minimum atomic E-state index is 0.261. The van der Waals surface area contributed by atoms with E-state index in [1.54, 1.807) is 18.4 Å². The Bertz CT molecular complexity index is 600. The van der Waals surface area contributed by atoms with Crippen LogP contribution in [0, 0.1) is 5.41 Å². The summed E-state index contributed by atoms with van der Waals surface area (Å²) in [5, 5.41) is 9.33. The molecule has 0 atom stereocenters. The fraction of sp³-hybridized carbons (Fsp3) is 0.571. The average molecular weight is 307 g/mol. The fourth-order valence-electron chi connectivity index (χ4n) is 2.51. The van der Waals surface area contributed by atoms with Crippen molar-refractivity contribution in [3.8, 4) is 16.5 Å². The molecule has 2 aromatic rings. The van der Waals surface area contributed by atoms with Gasteiger partial charge in [0.15, 0.2) is 5.82 Å². The Balaban J connectivity index is 1.71. The summed E-state index contributed by atoms with van der Waals surface area (Å²) < 4.78 is 5.20. The van der Waals surface area contributed by atoms with Crippen LogP contribution in [0.3, 0.4) is 0 Å². The quantitative estimate of drug-likeness (QED) is 0.904. The second kappa shape index (κ2) is 5.65. The van der Waals surface area contributed by atoms with Crippen LogP contribution in [-0.2, 0) is 0 Å². The summed E-state index contributed by atoms with van der Waals surface area (Å²) in [4.78, 5) is 7.87. The highest BCUT2D eigenvalue weighted by Gasteiger charge is 2.30. The molecule has 1 aliphatic rings. The predicted molar refractivity (Wildman–Crippen MR) is 84.9 cm³/mol. The Morgan fingerprint density at radius 2 is 2.24 bits per heavy atom. The minimum absolute atomic E-state index is 0.261. The zero-order valence-corrected chi connectivity index (χ0v) is 13.2. The molecule has 2 aromatic heterocycles. The lowest BCUT2D eigenvalue weighted by molar-refractivity contribution is 0.257. The van der Waals surface area contributed by atoms with Crippen LogP contribution in [0.1, 0.15) is 19.8 Å². The molecule has 3 rings (SSSR count). The Labute approximate surface area is 128 Å². The fourth-order valence-corrected chi connectivity index (χ4v) is 3.30. The molecule has 3 heterocycles. The standard InChI is InChI=1S/C14H21N5OS/c1-14(9-15)3-5-19(6-4-14)13-16-12(17-18-13)11-7-10(20-2)8-21-11/h7-8H,3-6,9,15H2,1-2H3,(H,16,17,18). The number of rotatable bonds is 4. The van der Waals surface area contributed by atoms with E-state index >= 15 is 0 Å². The van der Waals surface area contributed by atoms with E-state index in [2.05, 4.69) is 27.0 Å². The lowest BCUT2D eigenvalue weighted by atomic mass is 9.81. The van der Waals surface area contributed by atoms with E-state index in [9.17, 15) is 0 Å². The van der Waals surface area contributed by atoms with E-state index in [-0.39, 0.29) is 5.41 Å². The van der Waals surface area contributed by atoms with Gasteiger partial charge in [0.1, 0.15) is 5.75 Å². The third kappa shape index (κ3) is 2.89. The SMILES string of the molecule is COc1csc(-c2nc(N3CCC(C)(CN)CC3)n[nH]2)c1. The number of nitrogens with one attached hydrogen (secondary N) is 1. The highest BCUT2D eigenvalue weighted by molar-refractivity contribution is 7.13. The molecule has 0 unspecified atom stereocenters. The predicted octanol–water partition coefficient (Wildman–Crippen LogP) is 2.11. The van der Waals surface area contributed by atoms with Gasteiger partial charge >= 0.3 is 0 Å². The maximum absolute atomic E-state index is 5.85. The zero-order valence-electron chi connectivity index (χ0n) is 12.4. The first-order chi connectivity index (χ1) is 10.1. The topological polar surface area (TPSA) is 80.1 Å². The smallest absolute Gasteiger partial charge is 0.245 e. The van der Waals surface area contributed by atoms with Gasteiger partial charge in [-0.2, -0.15) is 4.98 Å². The first kappa shape index (κ1) is 14.3. The molecule has 0 radical (unpaired) electrons. The molecular weight excluding hydrogens is 286 g/mol. The van der Waals surface area contributed by atoms with E-state index < -0.39 is 0 Å². The van der Waals surface area contributed by atoms with Gasteiger partial charge in [0, 0.05) is 24.5 Å². The van der Waals surface area contributed by atoms with E-state index in [0.29, 0.717) is 0 Å². The van der Waals surface area contributed by atoms with Gasteiger partial charge in [0.2, 0.25) is 5.95 Å². The monoisotopic (exact) mass is 307 g/mol. The van der Waals surface area contributed by atoms with Crippen LogP contribution >= 0.6 is 11.3 Å². The molecule has 1 saturated heterocycles. The van der Waals surface area contributed by atoms with Gasteiger partial charge < -0.3 is 15.4 Å². The average Bonchev–Trinajstić information content (AvgIpc) is 3.16. The number of H-pyrrole nitrogens is 1. The van der Waals surface area contributed by atoms with Crippen molar-refractivity contribution in [3.05, 3.63) is 11.4 Å². The van der Waals surface area contributed by atoms with Crippen molar-refractivity contribution < 1.29 is 4.74 Å². The summed E-state index contributed by atoms with van der Waals surface area (Å²) in [6.07, 6.45) is 2.17. The number of hydrogen-bond acceptors (Lipinski definition) is 6. The summed E-state index contributed by atoms with van der Waals surface area (Å²) in [5.74, 6) is 2.42. The largest absolute Gasteiger partial charge is 0.496 e. The number of aromatic nitrogens is 3. The highest BCUT2D eigenvalue weighted by atomic mass is 32.1. The maximum atomic E-state index is 5.85. The van der Waals surface area contributed by atoms with Gasteiger partial charge in [-0.1, -0.05) is 6.92 Å². The van der Waals surface area contributed by atoms with Crippen molar-refractivity contribution in [2.45, 2.75) is 19.8 Å². The van der Waals surface area contributed by atoms with Gasteiger partial charge in [-0.25, -0.2) is 0 Å². The normalized spacial score (nSPS) is 18.0. The third-order valence-electron chi connectivity index (χ3n) is 4.26. The second-order valence-electron chi connectivity index (χ2n) is 5.84. The van der Waals surface area contributed by atoms with Gasteiger partial charge in [-0.05, 0) is 24.8 Å². The number of hydrogen-bond donors (Lipinski definition) is 2. The van der Waals surface area contributed by atoms with Crippen molar-refractivity contribution in [3.63, 3.8) is 0 Å². The molecule has 0 amide bonds. The molecule has 114 valence electrons. The first-order valence-corrected chi connectivity index (χ1v) is 8.02. The van der Waals surface area contributed by atoms with Crippen molar-refractivity contribution in [1.29, 1.82) is 0 Å². The minimum Gasteiger partial charge on any atom is -0.496 e. The Hall–Kier alpha value is -1.60. The van der Waals surface area contributed by atoms with Gasteiger partial charge in [0.25, 0.3) is 0 Å². The van der Waals surface area contributed by atoms with E-state index in [0.717, 1.165) is 54.9 Å². The molecule has 6 nitrogen and oxygen atoms in total. The molecule has 1 aliphatic heterocycles. The molecule has 21 heavy (non-hydrogen) atoms. The Morgan fingerprint density at radius 3 is 2.86 bits per heavy atom. The van der Waals surface area contributed by atoms with Crippen LogP contribution in [0.25, 0.3) is 10.7 Å². The zero-order chi connectivity index (χ0) is 14.9. The first-order valence-electron chi connectivity index (χ1n) is 7.14. The second-order valence-corrected chi connectivity index (χ2v) is 6.75. The summed E-state index contributed by atoms with van der Waals surface area (Å²) >= 11 is 1.60. The molecule has 0 spiro atoms. The highest BCUT2D eigenvalue weighted by Crippen LogP contribution is 2.32. The Morgan fingerprint density at radius 1 is 1.48 bits per heavy atom. The van der Waals surface area contributed by atoms with Crippen molar-refractivity contribution in [2.24, 2.45) is 11.1 Å². The number of nitrogens with two attached hydrogens (primary N) is 1. The molecule has 0 saturated carbocycles. The molecule has 3 N–H and O–H groups in total. The number of nitrogens with zero attached hydrogens (tertiary/aromatic N) is 3. The van der Waals surface area contributed by atoms with Crippen LogP contribution in [0.5, 0.6) is 5.75 Å². The van der Waals surface area contributed by atoms with Crippen LogP contribution in [-0.4, -0.2) is 41.9 Å². The molecule has 7 heteroatoms. The van der Waals surface area contributed by atoms with Crippen LogP contribution in [0.4, 0.5) is 5.95 Å². The van der Waals surface area contributed by atoms with Crippen LogP contribution in [0.2, 0.25) is 0 Å². The van der Waals surface area contributed by atoms with Gasteiger partial charge in [0.05, 0.1) is 12.0 Å². The van der Waals surface area contributed by atoms with Crippen molar-refractivity contribution >= 4 is 17.3 Å². The van der Waals surface area contributed by atoms with Crippen molar-refractivity contribution in [2.75, 3.05) is 31.6 Å². The van der Waals surface area contributed by atoms with Gasteiger partial charge in [-0.3, -0.25) is 5.10 Å². The van der Waals surface area contributed by atoms with Crippen LogP contribution in [0.15, 0.2) is 11.4 Å². The number of methoxy groups -OCH3 is 1. The van der Waals surface area contributed by atoms with E-state index in [1.807, 2.05) is 11.4 Å². The number of piperidine rings is 1. The number of anilines is 1. The summed E-state index contributed by atoms with van der Waals surface area (Å²) in [5.41, 5.74) is 6.11. The molecule has 0 aromatic carbocycles. The lowest BCUT2D eigenvalue weighted by Gasteiger charge is -2.38. The molecule has 0 bridgehead atoms. The van der Waals surface area contributed by atoms with E-state index in [1.165, 1.54) is 0 Å². The van der Waals surface area contributed by atoms with Crippen LogP contribution < -0.4 is 15.4 Å². The van der Waals surface area contributed by atoms with Gasteiger partial charge in [-0.15, -0.1) is 16.4 Å². The summed E-state index contributed by atoms with van der Waals surface area (Å²) in [6, 6.07) is 1.97. The summed E-state index contributed by atoms with van der Waals surface area (Å²) in [7, 11) is 1.67. The molecular formula is C14H21N5OS. The van der Waals surface area contributed by atoms with Crippen molar-refractivity contribution in [1.82, 2.24) is 15.2 Å². The number of ether oxygens (including phenoxy) is 1. The lowest BCUT2D eigenvalue weighted by Crippen LogP contribution is -2.42. The van der Waals surface area contributed by atoms with E-state index in [4.69, 9.17) is 10.5 Å². The maximum Gasteiger partial charge on any atom is 0.245 e. The number of aromatic amines is 1. The summed E-state index contributed by atoms with van der Waals surface area (Å²) in [6.45, 7) is 4.91. The Kier molecular flexibility index (Phi) is 3.86.